The van der Waals surface area contributed by atoms with Crippen LogP contribution in [0, 0.1) is 17.5 Å². The molecule has 1 aliphatic heterocycles. The van der Waals surface area contributed by atoms with Crippen molar-refractivity contribution in [3.8, 4) is 0 Å². The second kappa shape index (κ2) is 7.65. The Morgan fingerprint density at radius 2 is 1.83 bits per heavy atom. The first-order valence-electron chi connectivity index (χ1n) is 8.67. The first-order valence-corrected chi connectivity index (χ1v) is 8.67. The van der Waals surface area contributed by atoms with Gasteiger partial charge in [-0.05, 0) is 25.0 Å². The number of aromatic nitrogens is 3. The summed E-state index contributed by atoms with van der Waals surface area (Å²) in [6, 6.07) is -0.594. The Labute approximate surface area is 161 Å². The fraction of sp³-hybridized carbons (Fsp3) is 0.471. The molecule has 2 N–H and O–H groups in total. The average Bonchev–Trinajstić information content (AvgIpc) is 3.05. The number of rotatable bonds is 4. The van der Waals surface area contributed by atoms with Crippen molar-refractivity contribution < 1.29 is 31.1 Å². The number of amides is 1. The molecule has 12 heteroatoms. The lowest BCUT2D eigenvalue weighted by atomic mass is 10.0. The van der Waals surface area contributed by atoms with Crippen molar-refractivity contribution in [1.82, 2.24) is 19.7 Å². The van der Waals surface area contributed by atoms with E-state index in [-0.39, 0.29) is 37.3 Å². The van der Waals surface area contributed by atoms with E-state index in [9.17, 15) is 31.1 Å². The van der Waals surface area contributed by atoms with Crippen LogP contribution < -0.4 is 5.73 Å². The number of hydrogen-bond donors (Lipinski definition) is 1. The highest BCUT2D eigenvalue weighted by molar-refractivity contribution is 5.77. The molecule has 0 saturated carbocycles. The fourth-order valence-electron chi connectivity index (χ4n) is 3.35. The normalized spacial score (nSPS) is 17.9. The average molecular weight is 421 g/mol. The van der Waals surface area contributed by atoms with Crippen LogP contribution in [0.1, 0.15) is 36.6 Å². The Morgan fingerprint density at radius 1 is 1.17 bits per heavy atom. The molecule has 158 valence electrons. The molecule has 0 spiro atoms. The highest BCUT2D eigenvalue weighted by atomic mass is 19.4. The van der Waals surface area contributed by atoms with Crippen LogP contribution in [0.3, 0.4) is 0 Å². The molecule has 29 heavy (non-hydrogen) atoms. The zero-order valence-electron chi connectivity index (χ0n) is 15.2. The van der Waals surface area contributed by atoms with E-state index in [4.69, 9.17) is 5.73 Å². The molecule has 3 rings (SSSR count). The van der Waals surface area contributed by atoms with Crippen LogP contribution in [-0.4, -0.2) is 38.2 Å². The molecule has 0 fully saturated rings. The van der Waals surface area contributed by atoms with Gasteiger partial charge in [0.05, 0.1) is 6.04 Å². The van der Waals surface area contributed by atoms with Crippen molar-refractivity contribution in [3.63, 3.8) is 0 Å². The summed E-state index contributed by atoms with van der Waals surface area (Å²) in [6.07, 6.45) is -5.14. The van der Waals surface area contributed by atoms with Crippen molar-refractivity contribution in [2.24, 2.45) is 5.73 Å². The molecular weight excluding hydrogens is 404 g/mol. The van der Waals surface area contributed by atoms with Gasteiger partial charge in [0.1, 0.15) is 5.82 Å². The summed E-state index contributed by atoms with van der Waals surface area (Å²) in [5, 5.41) is 6.73. The van der Waals surface area contributed by atoms with Gasteiger partial charge in [-0.3, -0.25) is 4.79 Å². The van der Waals surface area contributed by atoms with E-state index in [0.717, 1.165) is 4.57 Å². The first kappa shape index (κ1) is 21.1. The molecule has 0 unspecified atom stereocenters. The van der Waals surface area contributed by atoms with E-state index in [1.54, 1.807) is 0 Å². The predicted octanol–water partition coefficient (Wildman–Crippen LogP) is 2.58. The van der Waals surface area contributed by atoms with E-state index in [1.807, 2.05) is 0 Å². The maximum atomic E-state index is 13.7. The topological polar surface area (TPSA) is 77.0 Å². The van der Waals surface area contributed by atoms with Crippen LogP contribution in [0.25, 0.3) is 0 Å². The van der Waals surface area contributed by atoms with Crippen LogP contribution >= 0.6 is 0 Å². The van der Waals surface area contributed by atoms with Gasteiger partial charge in [-0.2, -0.15) is 13.2 Å². The third-order valence-corrected chi connectivity index (χ3v) is 4.77. The monoisotopic (exact) mass is 421 g/mol. The SMILES string of the molecule is C[C@@H]1c2nnc(C(F)(F)F)n2CCN1C(=O)C[C@H](N)Cc1cc(F)c(F)cc1F. The summed E-state index contributed by atoms with van der Waals surface area (Å²) >= 11 is 0. The van der Waals surface area contributed by atoms with Gasteiger partial charge in [-0.1, -0.05) is 0 Å². The van der Waals surface area contributed by atoms with Gasteiger partial charge in [0.25, 0.3) is 0 Å². The second-order valence-corrected chi connectivity index (χ2v) is 6.82. The zero-order chi connectivity index (χ0) is 21.5. The largest absolute Gasteiger partial charge is 0.451 e. The van der Waals surface area contributed by atoms with Crippen molar-refractivity contribution in [2.45, 2.75) is 44.6 Å². The Kier molecular flexibility index (Phi) is 5.57. The molecule has 6 nitrogen and oxygen atoms in total. The van der Waals surface area contributed by atoms with E-state index >= 15 is 0 Å². The van der Waals surface area contributed by atoms with Gasteiger partial charge in [-0.15, -0.1) is 10.2 Å². The number of carbonyl (C=O) groups is 1. The Balaban J connectivity index is 1.68. The highest BCUT2D eigenvalue weighted by Gasteiger charge is 2.41. The van der Waals surface area contributed by atoms with Crippen molar-refractivity contribution in [3.05, 3.63) is 46.8 Å². The zero-order valence-corrected chi connectivity index (χ0v) is 15.2. The highest BCUT2D eigenvalue weighted by Crippen LogP contribution is 2.33. The number of benzene rings is 1. The van der Waals surface area contributed by atoms with Crippen LogP contribution in [0.5, 0.6) is 0 Å². The number of alkyl halides is 3. The number of carbonyl (C=O) groups excluding carboxylic acids is 1. The number of halogens is 6. The fourth-order valence-corrected chi connectivity index (χ4v) is 3.35. The minimum Gasteiger partial charge on any atom is -0.331 e. The van der Waals surface area contributed by atoms with E-state index in [2.05, 4.69) is 10.2 Å². The molecule has 0 radical (unpaired) electrons. The first-order chi connectivity index (χ1) is 13.5. The smallest absolute Gasteiger partial charge is 0.331 e. The Bertz CT molecular complexity index is 928. The summed E-state index contributed by atoms with van der Waals surface area (Å²) in [7, 11) is 0. The van der Waals surface area contributed by atoms with Crippen LogP contribution in [0.15, 0.2) is 12.1 Å². The number of nitrogens with zero attached hydrogens (tertiary/aromatic N) is 4. The minimum absolute atomic E-state index is 0.00264. The van der Waals surface area contributed by atoms with Gasteiger partial charge in [-0.25, -0.2) is 13.2 Å². The van der Waals surface area contributed by atoms with Crippen LogP contribution in [0.2, 0.25) is 0 Å². The summed E-state index contributed by atoms with van der Waals surface area (Å²) in [6.45, 7) is 1.36. The summed E-state index contributed by atoms with van der Waals surface area (Å²) in [5.41, 5.74) is 5.68. The van der Waals surface area contributed by atoms with Crippen molar-refractivity contribution in [2.75, 3.05) is 6.54 Å². The second-order valence-electron chi connectivity index (χ2n) is 6.82. The van der Waals surface area contributed by atoms with E-state index in [1.165, 1.54) is 11.8 Å². The molecule has 0 bridgehead atoms. The molecule has 1 aromatic heterocycles. The number of fused-ring (bicyclic) bond motifs is 1. The minimum atomic E-state index is -4.66. The van der Waals surface area contributed by atoms with Crippen LogP contribution in [-0.2, 0) is 23.9 Å². The van der Waals surface area contributed by atoms with Crippen molar-refractivity contribution in [1.29, 1.82) is 0 Å². The number of nitrogens with two attached hydrogens (primary N) is 1. The summed E-state index contributed by atoms with van der Waals surface area (Å²) in [5.74, 6) is -5.15. The maximum absolute atomic E-state index is 13.7. The molecule has 0 aliphatic carbocycles. The van der Waals surface area contributed by atoms with E-state index in [0.29, 0.717) is 12.1 Å². The maximum Gasteiger partial charge on any atom is 0.451 e. The summed E-state index contributed by atoms with van der Waals surface area (Å²) in [4.78, 5) is 13.9. The Morgan fingerprint density at radius 3 is 2.48 bits per heavy atom. The van der Waals surface area contributed by atoms with Gasteiger partial charge in [0, 0.05) is 31.6 Å². The van der Waals surface area contributed by atoms with Crippen LogP contribution in [0.4, 0.5) is 26.3 Å². The number of hydrogen-bond acceptors (Lipinski definition) is 4. The lowest BCUT2D eigenvalue weighted by molar-refractivity contribution is -0.148. The van der Waals surface area contributed by atoms with E-state index < -0.39 is 47.4 Å². The third-order valence-electron chi connectivity index (χ3n) is 4.77. The molecule has 2 aromatic rings. The molecule has 1 aliphatic rings. The van der Waals surface area contributed by atoms with Gasteiger partial charge < -0.3 is 15.2 Å². The third kappa shape index (κ3) is 4.21. The molecule has 1 amide bonds. The molecule has 2 atom stereocenters. The lowest BCUT2D eigenvalue weighted by Crippen LogP contribution is -2.44. The molecule has 1 aromatic carbocycles. The summed E-state index contributed by atoms with van der Waals surface area (Å²) < 4.78 is 79.8. The lowest BCUT2D eigenvalue weighted by Gasteiger charge is -2.34. The van der Waals surface area contributed by atoms with Gasteiger partial charge in [0.2, 0.25) is 11.7 Å². The molecular formula is C17H17F6N5O. The quantitative estimate of drug-likeness (QED) is 0.608. The molecule has 0 saturated heterocycles. The Hall–Kier alpha value is -2.63. The standard InChI is InChI=1S/C17H17F6N5O/c1-8-15-25-26-16(17(21,22)23)28(15)3-2-27(8)14(29)6-10(24)4-9-5-12(19)13(20)7-11(9)18/h5,7-8,10H,2-4,6,24H2,1H3/t8-,10-/m1/s1. The van der Waals surface area contributed by atoms with Gasteiger partial charge in [0.15, 0.2) is 17.5 Å². The molecule has 2 heterocycles. The van der Waals surface area contributed by atoms with Crippen molar-refractivity contribution >= 4 is 5.91 Å². The predicted molar refractivity (Wildman–Crippen MR) is 87.8 cm³/mol. The van der Waals surface area contributed by atoms with Gasteiger partial charge >= 0.3 is 6.18 Å².